The van der Waals surface area contributed by atoms with Crippen molar-refractivity contribution in [1.82, 2.24) is 15.5 Å². The maximum Gasteiger partial charge on any atom is 0.400 e. The molecule has 0 amide bonds. The lowest BCUT2D eigenvalue weighted by molar-refractivity contribution is 0.254. The molecule has 0 bridgehead atoms. The molecule has 0 saturated heterocycles. The minimum absolute atomic E-state index is 0.446. The van der Waals surface area contributed by atoms with E-state index in [1.54, 1.807) is 0 Å². The van der Waals surface area contributed by atoms with Gasteiger partial charge in [0.15, 0.2) is 0 Å². The van der Waals surface area contributed by atoms with Gasteiger partial charge in [0.1, 0.15) is 6.20 Å². The topological polar surface area (TPSA) is 74.6 Å². The second kappa shape index (κ2) is 1.90. The van der Waals surface area contributed by atoms with E-state index >= 15 is 0 Å². The summed E-state index contributed by atoms with van der Waals surface area (Å²) in [7, 11) is 0. The highest BCUT2D eigenvalue weighted by Gasteiger charge is 2.24. The van der Waals surface area contributed by atoms with Crippen molar-refractivity contribution in [3.63, 3.8) is 0 Å². The summed E-state index contributed by atoms with van der Waals surface area (Å²) in [6.45, 7) is 0. The van der Waals surface area contributed by atoms with Crippen molar-refractivity contribution >= 4 is 5.70 Å². The van der Waals surface area contributed by atoms with Gasteiger partial charge >= 0.3 is 5.70 Å². The van der Waals surface area contributed by atoms with Crippen molar-refractivity contribution in [1.29, 1.82) is 0 Å². The highest BCUT2D eigenvalue weighted by Crippen LogP contribution is 2.11. The lowest BCUT2D eigenvalue weighted by Crippen LogP contribution is -1.80. The Morgan fingerprint density at radius 3 is 3.10 bits per heavy atom. The fraction of sp³-hybridized carbons (Fsp3) is 0. The van der Waals surface area contributed by atoms with E-state index in [-0.39, 0.29) is 0 Å². The molecule has 0 fully saturated rings. The molecule has 1 aromatic rings. The van der Waals surface area contributed by atoms with E-state index in [0.29, 0.717) is 11.5 Å². The summed E-state index contributed by atoms with van der Waals surface area (Å²) in [6.07, 6.45) is 2.78. The van der Waals surface area contributed by atoms with Gasteiger partial charge in [0.25, 0.3) is 16.2 Å². The molecule has 2 heterocycles. The molecule has 1 radical (unpaired) electrons. The van der Waals surface area contributed by atoms with Gasteiger partial charge in [0.05, 0.1) is 0 Å². The summed E-state index contributed by atoms with van der Waals surface area (Å²) in [5, 5.41) is 13.5. The SMILES string of the molecule is C1=C(c2cnno2)[N+]=NO1. The molecule has 0 atom stereocenters. The van der Waals surface area contributed by atoms with Crippen LogP contribution in [0.25, 0.3) is 5.70 Å². The second-order valence-electron chi connectivity index (χ2n) is 1.57. The third-order valence-corrected chi connectivity index (χ3v) is 0.974. The van der Waals surface area contributed by atoms with Crippen LogP contribution in [-0.2, 0) is 4.84 Å². The third-order valence-electron chi connectivity index (χ3n) is 0.974. The summed E-state index contributed by atoms with van der Waals surface area (Å²) in [6, 6.07) is 0. The average molecular weight is 138 g/mol. The Labute approximate surface area is 55.1 Å². The Balaban J connectivity index is 2.36. The van der Waals surface area contributed by atoms with E-state index in [9.17, 15) is 0 Å². The highest BCUT2D eigenvalue weighted by atomic mass is 16.6. The number of hydrogen-bond donors (Lipinski definition) is 0. The molecule has 0 N–H and O–H groups in total. The monoisotopic (exact) mass is 138 g/mol. The molecule has 0 aromatic carbocycles. The van der Waals surface area contributed by atoms with Crippen LogP contribution >= 0.6 is 0 Å². The molecule has 1 aliphatic rings. The molecule has 6 nitrogen and oxygen atoms in total. The van der Waals surface area contributed by atoms with Crippen molar-refractivity contribution < 1.29 is 9.36 Å². The predicted molar refractivity (Wildman–Crippen MR) is 27.9 cm³/mol. The van der Waals surface area contributed by atoms with Gasteiger partial charge in [-0.25, -0.2) is 0 Å². The zero-order valence-electron chi connectivity index (χ0n) is 4.76. The van der Waals surface area contributed by atoms with E-state index in [2.05, 4.69) is 30.1 Å². The maximum absolute atomic E-state index is 4.65. The number of nitrogens with zero attached hydrogens (tertiary/aromatic N) is 4. The first-order chi connectivity index (χ1) is 4.97. The summed E-state index contributed by atoms with van der Waals surface area (Å²) >= 11 is 0. The molecule has 0 unspecified atom stereocenters. The minimum atomic E-state index is 0.446. The zero-order valence-corrected chi connectivity index (χ0v) is 4.76. The first-order valence-electron chi connectivity index (χ1n) is 2.51. The van der Waals surface area contributed by atoms with Gasteiger partial charge in [-0.15, -0.1) is 5.10 Å². The van der Waals surface area contributed by atoms with Gasteiger partial charge in [-0.1, -0.05) is 0 Å². The molecule has 6 heteroatoms. The molecule has 49 valence electrons. The van der Waals surface area contributed by atoms with E-state index in [1.165, 1.54) is 12.5 Å². The lowest BCUT2D eigenvalue weighted by atomic mass is 10.4. The van der Waals surface area contributed by atoms with Crippen LogP contribution in [0.5, 0.6) is 0 Å². The Bertz CT molecular complexity index is 275. The molecule has 10 heavy (non-hydrogen) atoms. The van der Waals surface area contributed by atoms with Crippen LogP contribution in [0.4, 0.5) is 0 Å². The van der Waals surface area contributed by atoms with Crippen LogP contribution in [0.1, 0.15) is 5.76 Å². The third kappa shape index (κ3) is 0.661. The van der Waals surface area contributed by atoms with E-state index < -0.39 is 0 Å². The van der Waals surface area contributed by atoms with Gasteiger partial charge in [-0.3, -0.25) is 0 Å². The normalized spacial score (nSPS) is 15.0. The molecular formula is C4H2N4O2+. The van der Waals surface area contributed by atoms with Gasteiger partial charge in [0, 0.05) is 5.27 Å². The molecule has 0 saturated carbocycles. The second-order valence-corrected chi connectivity index (χ2v) is 1.57. The highest BCUT2D eigenvalue weighted by molar-refractivity contribution is 5.55. The number of rotatable bonds is 1. The van der Waals surface area contributed by atoms with Gasteiger partial charge in [-0.05, 0) is 0 Å². The van der Waals surface area contributed by atoms with Gasteiger partial charge in [-0.2, -0.15) is 0 Å². The van der Waals surface area contributed by atoms with Crippen LogP contribution in [-0.4, -0.2) is 10.4 Å². The van der Waals surface area contributed by atoms with Crippen LogP contribution in [0.3, 0.4) is 0 Å². The lowest BCUT2D eigenvalue weighted by Gasteiger charge is -1.68. The molecule has 1 aromatic heterocycles. The van der Waals surface area contributed by atoms with Crippen LogP contribution in [0.15, 0.2) is 22.3 Å². The van der Waals surface area contributed by atoms with E-state index in [1.807, 2.05) is 0 Å². The Morgan fingerprint density at radius 2 is 2.50 bits per heavy atom. The molecule has 2 rings (SSSR count). The standard InChI is InChI=1S/C4H2N4O2/c1-4(10-7-5-1)3-2-9-8-6-3/h1-2H/q+1. The van der Waals surface area contributed by atoms with Crippen molar-refractivity contribution in [2.24, 2.45) is 5.28 Å². The van der Waals surface area contributed by atoms with Crippen molar-refractivity contribution in [3.05, 3.63) is 18.2 Å². The average Bonchev–Trinajstić information content (AvgIpc) is 2.59. The number of aromatic nitrogens is 2. The fourth-order valence-corrected chi connectivity index (χ4v) is 0.552. The first-order valence-corrected chi connectivity index (χ1v) is 2.51. The molecule has 1 aliphatic heterocycles. The van der Waals surface area contributed by atoms with Crippen LogP contribution < -0.4 is 5.11 Å². The summed E-state index contributed by atoms with van der Waals surface area (Å²) in [4.78, 5) is 4.46. The first kappa shape index (κ1) is 5.10. The summed E-state index contributed by atoms with van der Waals surface area (Å²) < 4.78 is 4.65. The van der Waals surface area contributed by atoms with Crippen LogP contribution in [0, 0.1) is 0 Å². The molecular weight excluding hydrogens is 136 g/mol. The van der Waals surface area contributed by atoms with Crippen molar-refractivity contribution in [2.75, 3.05) is 0 Å². The number of hydrogen-bond acceptors (Lipinski definition) is 6. The Hall–Kier alpha value is -1.72. The van der Waals surface area contributed by atoms with Crippen LogP contribution in [0.2, 0.25) is 0 Å². The quantitative estimate of drug-likeness (QED) is 0.551. The molecule has 0 aliphatic carbocycles. The summed E-state index contributed by atoms with van der Waals surface area (Å²) in [5.74, 6) is 0.446. The molecule has 0 spiro atoms. The van der Waals surface area contributed by atoms with Gasteiger partial charge in [0.2, 0.25) is 6.26 Å². The summed E-state index contributed by atoms with van der Waals surface area (Å²) in [5.41, 5.74) is 0.491. The Morgan fingerprint density at radius 1 is 1.50 bits per heavy atom. The minimum Gasteiger partial charge on any atom is -0.330 e. The zero-order chi connectivity index (χ0) is 6.81. The van der Waals surface area contributed by atoms with E-state index in [4.69, 9.17) is 0 Å². The predicted octanol–water partition coefficient (Wildman–Crippen LogP) is 0.101. The smallest absolute Gasteiger partial charge is 0.330 e. The van der Waals surface area contributed by atoms with E-state index in [0.717, 1.165) is 0 Å². The maximum atomic E-state index is 4.65. The van der Waals surface area contributed by atoms with Gasteiger partial charge < -0.3 is 9.36 Å². The Kier molecular flexibility index (Phi) is 0.970. The van der Waals surface area contributed by atoms with Crippen molar-refractivity contribution in [2.45, 2.75) is 0 Å². The largest absolute Gasteiger partial charge is 0.400 e. The fourth-order valence-electron chi connectivity index (χ4n) is 0.552. The van der Waals surface area contributed by atoms with Crippen molar-refractivity contribution in [3.8, 4) is 0 Å².